The number of hydrogen-bond donors (Lipinski definition) is 3. The summed E-state index contributed by atoms with van der Waals surface area (Å²) in [5.74, 6) is 0. The van der Waals surface area contributed by atoms with Crippen LogP contribution in [0.5, 0.6) is 0 Å². The van der Waals surface area contributed by atoms with Crippen LogP contribution in [0.15, 0.2) is 24.3 Å². The van der Waals surface area contributed by atoms with Crippen molar-refractivity contribution in [2.45, 2.75) is 82.3 Å². The summed E-state index contributed by atoms with van der Waals surface area (Å²) in [6, 6.07) is 8.87. The maximum atomic E-state index is 10.2. The Labute approximate surface area is 145 Å². The van der Waals surface area contributed by atoms with E-state index in [0.717, 1.165) is 19.3 Å². The number of piperidine rings is 1. The molecule has 0 amide bonds. The van der Waals surface area contributed by atoms with E-state index in [1.54, 1.807) is 0 Å². The molecule has 0 saturated carbocycles. The zero-order valence-corrected chi connectivity index (χ0v) is 15.0. The molecule has 24 heavy (non-hydrogen) atoms. The van der Waals surface area contributed by atoms with Crippen molar-refractivity contribution in [3.05, 3.63) is 35.4 Å². The second-order valence-corrected chi connectivity index (χ2v) is 8.53. The van der Waals surface area contributed by atoms with Gasteiger partial charge in [0.25, 0.3) is 0 Å². The molecule has 4 heteroatoms. The number of benzene rings is 1. The van der Waals surface area contributed by atoms with E-state index in [-0.39, 0.29) is 11.5 Å². The minimum atomic E-state index is -0.825. The lowest BCUT2D eigenvalue weighted by atomic mass is 9.86. The minimum absolute atomic E-state index is 0.174. The molecule has 134 valence electrons. The fourth-order valence-corrected chi connectivity index (χ4v) is 4.23. The average molecular weight is 333 g/mol. The summed E-state index contributed by atoms with van der Waals surface area (Å²) in [5.41, 5.74) is 2.84. The molecule has 2 heterocycles. The lowest BCUT2D eigenvalue weighted by molar-refractivity contribution is -0.0463. The highest BCUT2D eigenvalue weighted by Crippen LogP contribution is 2.34. The van der Waals surface area contributed by atoms with Crippen LogP contribution < -0.4 is 0 Å². The predicted octanol–water partition coefficient (Wildman–Crippen LogP) is 1.85. The van der Waals surface area contributed by atoms with Crippen molar-refractivity contribution in [2.75, 3.05) is 6.54 Å². The zero-order valence-electron chi connectivity index (χ0n) is 15.0. The highest BCUT2D eigenvalue weighted by molar-refractivity contribution is 5.27. The van der Waals surface area contributed by atoms with E-state index in [0.29, 0.717) is 19.0 Å². The van der Waals surface area contributed by atoms with E-state index in [1.807, 2.05) is 0 Å². The number of nitrogens with zero attached hydrogens (tertiary/aromatic N) is 1. The second-order valence-electron chi connectivity index (χ2n) is 8.53. The monoisotopic (exact) mass is 333 g/mol. The third-order valence-electron chi connectivity index (χ3n) is 5.77. The molecule has 0 aliphatic carbocycles. The Morgan fingerprint density at radius 1 is 1.00 bits per heavy atom. The number of fused-ring (bicyclic) bond motifs is 1. The van der Waals surface area contributed by atoms with Crippen molar-refractivity contribution >= 4 is 0 Å². The molecule has 5 atom stereocenters. The van der Waals surface area contributed by atoms with Gasteiger partial charge >= 0.3 is 0 Å². The fraction of sp³-hybridized carbons (Fsp3) is 0.700. The topological polar surface area (TPSA) is 63.9 Å². The Morgan fingerprint density at radius 2 is 1.67 bits per heavy atom. The quantitative estimate of drug-likeness (QED) is 0.790. The first kappa shape index (κ1) is 17.9. The molecule has 3 N–H and O–H groups in total. The number of hydrogen-bond acceptors (Lipinski definition) is 4. The Bertz CT molecular complexity index is 551. The maximum Gasteiger partial charge on any atom is 0.0991 e. The van der Waals surface area contributed by atoms with E-state index in [1.165, 1.54) is 11.1 Å². The lowest BCUT2D eigenvalue weighted by Gasteiger charge is -2.41. The molecule has 1 aromatic rings. The molecule has 2 aliphatic rings. The summed E-state index contributed by atoms with van der Waals surface area (Å²) < 4.78 is 0. The smallest absolute Gasteiger partial charge is 0.0991 e. The molecule has 4 nitrogen and oxygen atoms in total. The standard InChI is InChI=1S/C20H31NO3/c1-20(2,3)14-7-4-13(5-8-14)6-9-15-10-11-16(22)18-19(24)17(23)12-21(15)18/h4-5,7-8,15-19,22-24H,6,9-12H2,1-3H3/t15-,16-,17-,18-,19-/m1/s1. The van der Waals surface area contributed by atoms with Crippen LogP contribution in [0.2, 0.25) is 0 Å². The SMILES string of the molecule is CC(C)(C)c1ccc(CC[C@@H]2CC[C@@H](O)[C@@H]3[C@H](O)[C@H](O)CN23)cc1. The van der Waals surface area contributed by atoms with Crippen molar-refractivity contribution in [1.29, 1.82) is 0 Å². The van der Waals surface area contributed by atoms with Gasteiger partial charge in [0.15, 0.2) is 0 Å². The Morgan fingerprint density at radius 3 is 2.29 bits per heavy atom. The normalized spacial score (nSPS) is 34.3. The van der Waals surface area contributed by atoms with Gasteiger partial charge in [-0.25, -0.2) is 0 Å². The highest BCUT2D eigenvalue weighted by Gasteiger charge is 2.48. The largest absolute Gasteiger partial charge is 0.391 e. The summed E-state index contributed by atoms with van der Waals surface area (Å²) in [6.45, 7) is 7.13. The third-order valence-corrected chi connectivity index (χ3v) is 5.77. The molecule has 3 rings (SSSR count). The number of aliphatic hydroxyl groups is 3. The molecule has 0 spiro atoms. The van der Waals surface area contributed by atoms with Crippen LogP contribution >= 0.6 is 0 Å². The first-order chi connectivity index (χ1) is 11.3. The third kappa shape index (κ3) is 3.52. The molecular weight excluding hydrogens is 302 g/mol. The van der Waals surface area contributed by atoms with Crippen molar-refractivity contribution in [3.8, 4) is 0 Å². The Hall–Kier alpha value is -0.940. The predicted molar refractivity (Wildman–Crippen MR) is 95.0 cm³/mol. The Kier molecular flexibility index (Phi) is 5.03. The van der Waals surface area contributed by atoms with E-state index in [2.05, 4.69) is 49.9 Å². The van der Waals surface area contributed by atoms with Crippen LogP contribution in [0.1, 0.15) is 51.2 Å². The van der Waals surface area contributed by atoms with Gasteiger partial charge in [0.1, 0.15) is 0 Å². The van der Waals surface area contributed by atoms with Crippen LogP contribution in [0.25, 0.3) is 0 Å². The first-order valence-electron chi connectivity index (χ1n) is 9.17. The van der Waals surface area contributed by atoms with Gasteiger partial charge in [-0.1, -0.05) is 45.0 Å². The van der Waals surface area contributed by atoms with Crippen LogP contribution in [-0.4, -0.2) is 57.2 Å². The molecule has 1 aromatic carbocycles. The molecule has 2 saturated heterocycles. The van der Waals surface area contributed by atoms with Gasteiger partial charge < -0.3 is 15.3 Å². The molecule has 0 bridgehead atoms. The number of aliphatic hydroxyl groups excluding tert-OH is 3. The summed E-state index contributed by atoms with van der Waals surface area (Å²) in [6.07, 6.45) is 1.53. The summed E-state index contributed by atoms with van der Waals surface area (Å²) in [7, 11) is 0. The van der Waals surface area contributed by atoms with Crippen LogP contribution in [0.4, 0.5) is 0 Å². The molecule has 2 aliphatic heterocycles. The van der Waals surface area contributed by atoms with Crippen molar-refractivity contribution in [3.63, 3.8) is 0 Å². The van der Waals surface area contributed by atoms with Crippen molar-refractivity contribution < 1.29 is 15.3 Å². The fourth-order valence-electron chi connectivity index (χ4n) is 4.23. The van der Waals surface area contributed by atoms with E-state index < -0.39 is 18.3 Å². The molecular formula is C20H31NO3. The molecule has 0 radical (unpaired) electrons. The first-order valence-corrected chi connectivity index (χ1v) is 9.17. The van der Waals surface area contributed by atoms with Crippen LogP contribution in [0, 0.1) is 0 Å². The Balaban J connectivity index is 1.62. The maximum absolute atomic E-state index is 10.2. The van der Waals surface area contributed by atoms with Gasteiger partial charge in [-0.05, 0) is 42.2 Å². The number of rotatable bonds is 3. The van der Waals surface area contributed by atoms with Crippen LogP contribution in [0.3, 0.4) is 0 Å². The highest BCUT2D eigenvalue weighted by atomic mass is 16.3. The summed E-state index contributed by atoms with van der Waals surface area (Å²) >= 11 is 0. The molecule has 0 aromatic heterocycles. The van der Waals surface area contributed by atoms with E-state index in [4.69, 9.17) is 0 Å². The summed E-state index contributed by atoms with van der Waals surface area (Å²) in [4.78, 5) is 2.13. The van der Waals surface area contributed by atoms with Gasteiger partial charge in [-0.2, -0.15) is 0 Å². The molecule has 2 fully saturated rings. The minimum Gasteiger partial charge on any atom is -0.391 e. The lowest BCUT2D eigenvalue weighted by Crippen LogP contribution is -2.53. The second kappa shape index (κ2) is 6.75. The van der Waals surface area contributed by atoms with Crippen LogP contribution in [-0.2, 0) is 11.8 Å². The average Bonchev–Trinajstić information content (AvgIpc) is 2.83. The zero-order chi connectivity index (χ0) is 17.5. The van der Waals surface area contributed by atoms with E-state index in [9.17, 15) is 15.3 Å². The van der Waals surface area contributed by atoms with Gasteiger partial charge in [-0.3, -0.25) is 4.90 Å². The van der Waals surface area contributed by atoms with Crippen molar-refractivity contribution in [1.82, 2.24) is 4.90 Å². The number of aryl methyl sites for hydroxylation is 1. The summed E-state index contributed by atoms with van der Waals surface area (Å²) in [5, 5.41) is 30.2. The van der Waals surface area contributed by atoms with Gasteiger partial charge in [-0.15, -0.1) is 0 Å². The van der Waals surface area contributed by atoms with Gasteiger partial charge in [0.05, 0.1) is 24.4 Å². The molecule has 0 unspecified atom stereocenters. The van der Waals surface area contributed by atoms with E-state index >= 15 is 0 Å². The van der Waals surface area contributed by atoms with Gasteiger partial charge in [0.2, 0.25) is 0 Å². The van der Waals surface area contributed by atoms with Crippen molar-refractivity contribution in [2.24, 2.45) is 0 Å². The van der Waals surface area contributed by atoms with Gasteiger partial charge in [0, 0.05) is 12.6 Å².